The molecule has 0 radical (unpaired) electrons. The van der Waals surface area contributed by atoms with E-state index in [1.807, 2.05) is 24.3 Å². The molecule has 0 unspecified atom stereocenters. The minimum Gasteiger partial charge on any atom is -0.399 e. The molecule has 106 valence electrons. The van der Waals surface area contributed by atoms with Crippen molar-refractivity contribution in [2.24, 2.45) is 0 Å². The smallest absolute Gasteiger partial charge is 0.0493 e. The van der Waals surface area contributed by atoms with Crippen LogP contribution in [0.1, 0.15) is 36.1 Å². The second kappa shape index (κ2) is 6.19. The van der Waals surface area contributed by atoms with Crippen LogP contribution in [0.5, 0.6) is 0 Å². The van der Waals surface area contributed by atoms with Gasteiger partial charge < -0.3 is 11.5 Å². The molecule has 3 heteroatoms. The Kier molecular flexibility index (Phi) is 4.56. The quantitative estimate of drug-likeness (QED) is 0.828. The molecule has 2 aromatic rings. The molecule has 2 rings (SSSR count). The van der Waals surface area contributed by atoms with Crippen LogP contribution in [0, 0.1) is 0 Å². The Bertz CT molecular complexity index is 603. The summed E-state index contributed by atoms with van der Waals surface area (Å²) in [7, 11) is 0. The Morgan fingerprint density at radius 3 is 2.15 bits per heavy atom. The molecule has 4 N–H and O–H groups in total. The van der Waals surface area contributed by atoms with Crippen molar-refractivity contribution in [1.82, 2.24) is 0 Å². The average Bonchev–Trinajstić information content (AvgIpc) is 2.45. The lowest BCUT2D eigenvalue weighted by molar-refractivity contribution is 1.06. The summed E-state index contributed by atoms with van der Waals surface area (Å²) in [6.07, 6.45) is 2.58. The highest BCUT2D eigenvalue weighted by molar-refractivity contribution is 6.32. The number of nitrogen functional groups attached to an aromatic ring is 2. The lowest BCUT2D eigenvalue weighted by Gasteiger charge is -2.15. The molecule has 2 nitrogen and oxygen atoms in total. The molecular formula is C17H21ClN2. The number of hydrogen-bond acceptors (Lipinski definition) is 2. The van der Waals surface area contributed by atoms with E-state index in [0.29, 0.717) is 0 Å². The van der Waals surface area contributed by atoms with Crippen molar-refractivity contribution < 1.29 is 0 Å². The van der Waals surface area contributed by atoms with Crippen molar-refractivity contribution in [1.29, 1.82) is 0 Å². The summed E-state index contributed by atoms with van der Waals surface area (Å²) in [5, 5.41) is 0.805. The van der Waals surface area contributed by atoms with Gasteiger partial charge in [-0.25, -0.2) is 0 Å². The van der Waals surface area contributed by atoms with Crippen LogP contribution in [0.2, 0.25) is 5.02 Å². The lowest BCUT2D eigenvalue weighted by Crippen LogP contribution is -2.03. The zero-order chi connectivity index (χ0) is 14.7. The number of benzene rings is 2. The van der Waals surface area contributed by atoms with Crippen molar-refractivity contribution in [3.05, 3.63) is 57.6 Å². The van der Waals surface area contributed by atoms with E-state index in [1.165, 1.54) is 11.1 Å². The molecule has 0 aliphatic heterocycles. The van der Waals surface area contributed by atoms with Crippen molar-refractivity contribution in [2.45, 2.75) is 33.1 Å². The minimum atomic E-state index is 0.778. The summed E-state index contributed by atoms with van der Waals surface area (Å²) in [6, 6.07) is 10.1. The normalized spacial score (nSPS) is 10.8. The Morgan fingerprint density at radius 2 is 1.60 bits per heavy atom. The number of aryl methyl sites for hydroxylation is 1. The first-order valence-corrected chi connectivity index (χ1v) is 7.37. The summed E-state index contributed by atoms with van der Waals surface area (Å²) in [4.78, 5) is 0. The maximum atomic E-state index is 6.52. The maximum absolute atomic E-state index is 6.52. The SMILES string of the molecule is CCc1cc(Cc2ccc(N)cc2)c(Cl)c(CC)c1N. The van der Waals surface area contributed by atoms with Gasteiger partial charge in [0, 0.05) is 16.4 Å². The number of anilines is 2. The fourth-order valence-electron chi connectivity index (χ4n) is 2.48. The Morgan fingerprint density at radius 1 is 0.950 bits per heavy atom. The second-order valence-electron chi connectivity index (χ2n) is 5.03. The van der Waals surface area contributed by atoms with Gasteiger partial charge in [-0.1, -0.05) is 43.6 Å². The highest BCUT2D eigenvalue weighted by Gasteiger charge is 2.13. The van der Waals surface area contributed by atoms with Crippen molar-refractivity contribution >= 4 is 23.0 Å². The van der Waals surface area contributed by atoms with Gasteiger partial charge in [0.1, 0.15) is 0 Å². The molecule has 20 heavy (non-hydrogen) atoms. The minimum absolute atomic E-state index is 0.778. The molecule has 0 spiro atoms. The van der Waals surface area contributed by atoms with Crippen molar-refractivity contribution in [3.63, 3.8) is 0 Å². The van der Waals surface area contributed by atoms with E-state index >= 15 is 0 Å². The number of halogens is 1. The Labute approximate surface area is 125 Å². The predicted molar refractivity (Wildman–Crippen MR) is 88.3 cm³/mol. The summed E-state index contributed by atoms with van der Waals surface area (Å²) in [5.74, 6) is 0. The summed E-state index contributed by atoms with van der Waals surface area (Å²) in [5.41, 5.74) is 18.1. The topological polar surface area (TPSA) is 52.0 Å². The van der Waals surface area contributed by atoms with Crippen LogP contribution in [0.4, 0.5) is 11.4 Å². The van der Waals surface area contributed by atoms with Gasteiger partial charge >= 0.3 is 0 Å². The van der Waals surface area contributed by atoms with Crippen LogP contribution in [-0.2, 0) is 19.3 Å². The van der Waals surface area contributed by atoms with Crippen LogP contribution < -0.4 is 11.5 Å². The largest absolute Gasteiger partial charge is 0.399 e. The van der Waals surface area contributed by atoms with E-state index in [4.69, 9.17) is 23.1 Å². The molecule has 0 heterocycles. The third-order valence-electron chi connectivity index (χ3n) is 3.68. The fourth-order valence-corrected chi connectivity index (χ4v) is 2.84. The van der Waals surface area contributed by atoms with Crippen molar-refractivity contribution in [3.8, 4) is 0 Å². The highest BCUT2D eigenvalue weighted by atomic mass is 35.5. The van der Waals surface area contributed by atoms with Crippen LogP contribution >= 0.6 is 11.6 Å². The molecular weight excluding hydrogens is 268 g/mol. The van der Waals surface area contributed by atoms with Crippen LogP contribution in [0.15, 0.2) is 30.3 Å². The first-order valence-electron chi connectivity index (χ1n) is 6.99. The van der Waals surface area contributed by atoms with Gasteiger partial charge in [0.2, 0.25) is 0 Å². The Hall–Kier alpha value is -1.67. The lowest BCUT2D eigenvalue weighted by atomic mass is 9.95. The third kappa shape index (κ3) is 2.91. The van der Waals surface area contributed by atoms with Gasteiger partial charge in [0.25, 0.3) is 0 Å². The number of hydrogen-bond donors (Lipinski definition) is 2. The molecule has 0 aromatic heterocycles. The van der Waals surface area contributed by atoms with E-state index in [9.17, 15) is 0 Å². The van der Waals surface area contributed by atoms with Gasteiger partial charge in [0.05, 0.1) is 0 Å². The maximum Gasteiger partial charge on any atom is 0.0493 e. The standard InChI is InChI=1S/C17H21ClN2/c1-3-12-10-13(16(18)15(4-2)17(12)20)9-11-5-7-14(19)8-6-11/h5-8,10H,3-4,9,19-20H2,1-2H3. The van der Waals surface area contributed by atoms with Crippen molar-refractivity contribution in [2.75, 3.05) is 11.5 Å². The first kappa shape index (κ1) is 14.7. The molecule has 0 fully saturated rings. The van der Waals surface area contributed by atoms with E-state index in [1.54, 1.807) is 0 Å². The van der Waals surface area contributed by atoms with E-state index in [2.05, 4.69) is 19.9 Å². The third-order valence-corrected chi connectivity index (χ3v) is 4.15. The summed E-state index contributed by atoms with van der Waals surface area (Å²) < 4.78 is 0. The van der Waals surface area contributed by atoms with E-state index in [0.717, 1.165) is 46.8 Å². The summed E-state index contributed by atoms with van der Waals surface area (Å²) >= 11 is 6.52. The molecule has 0 saturated heterocycles. The number of nitrogens with two attached hydrogens (primary N) is 2. The number of rotatable bonds is 4. The van der Waals surface area contributed by atoms with Gasteiger partial charge in [-0.05, 0) is 53.6 Å². The highest BCUT2D eigenvalue weighted by Crippen LogP contribution is 2.32. The molecule has 0 atom stereocenters. The molecule has 0 saturated carbocycles. The van der Waals surface area contributed by atoms with E-state index < -0.39 is 0 Å². The average molecular weight is 289 g/mol. The molecule has 0 aliphatic rings. The molecule has 0 amide bonds. The van der Waals surface area contributed by atoms with Crippen LogP contribution in [0.3, 0.4) is 0 Å². The summed E-state index contributed by atoms with van der Waals surface area (Å²) in [6.45, 7) is 4.20. The fraction of sp³-hybridized carbons (Fsp3) is 0.294. The van der Waals surface area contributed by atoms with Crippen LogP contribution in [-0.4, -0.2) is 0 Å². The second-order valence-corrected chi connectivity index (χ2v) is 5.40. The van der Waals surface area contributed by atoms with E-state index in [-0.39, 0.29) is 0 Å². The monoisotopic (exact) mass is 288 g/mol. The van der Waals surface area contributed by atoms with Gasteiger partial charge in [-0.3, -0.25) is 0 Å². The zero-order valence-electron chi connectivity index (χ0n) is 12.0. The predicted octanol–water partition coefficient (Wildman–Crippen LogP) is 4.22. The van der Waals surface area contributed by atoms with Gasteiger partial charge in [0.15, 0.2) is 0 Å². The zero-order valence-corrected chi connectivity index (χ0v) is 12.8. The molecule has 0 bridgehead atoms. The molecule has 2 aromatic carbocycles. The first-order chi connectivity index (χ1) is 9.56. The van der Waals surface area contributed by atoms with Gasteiger partial charge in [-0.2, -0.15) is 0 Å². The molecule has 0 aliphatic carbocycles. The van der Waals surface area contributed by atoms with Gasteiger partial charge in [-0.15, -0.1) is 0 Å². The van der Waals surface area contributed by atoms with Crippen LogP contribution in [0.25, 0.3) is 0 Å². The Balaban J connectivity index is 2.43.